The lowest BCUT2D eigenvalue weighted by Crippen LogP contribution is -2.32. The zero-order valence-corrected chi connectivity index (χ0v) is 10.0. The normalized spacial score (nSPS) is 18.5. The van der Waals surface area contributed by atoms with Gasteiger partial charge in [0, 0.05) is 0 Å². The molecule has 2 rings (SSSR count). The Morgan fingerprint density at radius 1 is 1.50 bits per heavy atom. The molecule has 1 heterocycles. The average molecular weight is 220 g/mol. The summed E-state index contributed by atoms with van der Waals surface area (Å²) in [6, 6.07) is 6.69. The van der Waals surface area contributed by atoms with Crippen molar-refractivity contribution in [2.75, 3.05) is 25.5 Å². The van der Waals surface area contributed by atoms with E-state index in [0.29, 0.717) is 6.04 Å². The predicted octanol–water partition coefficient (Wildman–Crippen LogP) is 2.17. The second-order valence-electron chi connectivity index (χ2n) is 4.35. The van der Waals surface area contributed by atoms with E-state index in [4.69, 9.17) is 4.74 Å². The number of hydrogen-bond donors (Lipinski definition) is 2. The van der Waals surface area contributed by atoms with Crippen molar-refractivity contribution >= 4 is 5.69 Å². The fourth-order valence-corrected chi connectivity index (χ4v) is 2.08. The summed E-state index contributed by atoms with van der Waals surface area (Å²) in [5.74, 6) is 1.02. The van der Waals surface area contributed by atoms with Gasteiger partial charge in [0.15, 0.2) is 0 Å². The Bertz CT molecular complexity index is 352. The maximum atomic E-state index is 5.81. The highest BCUT2D eigenvalue weighted by Crippen LogP contribution is 2.32. The fourth-order valence-electron chi connectivity index (χ4n) is 2.08. The molecule has 3 heteroatoms. The first kappa shape index (κ1) is 11.3. The van der Waals surface area contributed by atoms with Gasteiger partial charge in [-0.05, 0) is 45.0 Å². The van der Waals surface area contributed by atoms with Gasteiger partial charge in [-0.25, -0.2) is 0 Å². The zero-order valence-electron chi connectivity index (χ0n) is 10.0. The first-order valence-electron chi connectivity index (χ1n) is 5.95. The van der Waals surface area contributed by atoms with Gasteiger partial charge in [-0.15, -0.1) is 0 Å². The van der Waals surface area contributed by atoms with Gasteiger partial charge in [-0.3, -0.25) is 0 Å². The van der Waals surface area contributed by atoms with Gasteiger partial charge in [0.05, 0.1) is 11.7 Å². The number of para-hydroxylation sites is 1. The quantitative estimate of drug-likeness (QED) is 0.763. The minimum absolute atomic E-state index is 0.447. The lowest BCUT2D eigenvalue weighted by molar-refractivity contribution is 0.275. The van der Waals surface area contributed by atoms with Crippen molar-refractivity contribution in [3.63, 3.8) is 0 Å². The highest BCUT2D eigenvalue weighted by molar-refractivity contribution is 5.61. The lowest BCUT2D eigenvalue weighted by atomic mass is 10.1. The number of ether oxygens (including phenoxy) is 1. The summed E-state index contributed by atoms with van der Waals surface area (Å²) in [7, 11) is 1.99. The van der Waals surface area contributed by atoms with Gasteiger partial charge in [-0.2, -0.15) is 0 Å². The van der Waals surface area contributed by atoms with Crippen LogP contribution in [0, 0.1) is 6.92 Å². The van der Waals surface area contributed by atoms with E-state index in [0.717, 1.165) is 31.0 Å². The molecule has 0 saturated carbocycles. The van der Waals surface area contributed by atoms with Crippen LogP contribution in [-0.4, -0.2) is 26.2 Å². The van der Waals surface area contributed by atoms with E-state index in [9.17, 15) is 0 Å². The molecular formula is C13H20N2O. The predicted molar refractivity (Wildman–Crippen MR) is 67.2 cm³/mol. The van der Waals surface area contributed by atoms with Gasteiger partial charge in [-0.1, -0.05) is 12.1 Å². The fraction of sp³-hybridized carbons (Fsp3) is 0.538. The van der Waals surface area contributed by atoms with Crippen molar-refractivity contribution in [3.8, 4) is 5.75 Å². The van der Waals surface area contributed by atoms with Gasteiger partial charge in [0.2, 0.25) is 0 Å². The van der Waals surface area contributed by atoms with Crippen LogP contribution in [0.4, 0.5) is 5.69 Å². The van der Waals surface area contributed by atoms with E-state index in [1.165, 1.54) is 12.0 Å². The van der Waals surface area contributed by atoms with Crippen LogP contribution in [0.2, 0.25) is 0 Å². The standard InChI is InChI=1S/C13H20N2O/c1-10-5-3-7-12-13(10)16-9-11(15-12)6-4-8-14-2/h3,5,7,11,14-15H,4,6,8-9H2,1-2H3. The monoisotopic (exact) mass is 220 g/mol. The molecule has 0 fully saturated rings. The molecule has 0 saturated heterocycles. The highest BCUT2D eigenvalue weighted by atomic mass is 16.5. The van der Waals surface area contributed by atoms with Crippen molar-refractivity contribution < 1.29 is 4.74 Å². The van der Waals surface area contributed by atoms with E-state index >= 15 is 0 Å². The Morgan fingerprint density at radius 2 is 2.38 bits per heavy atom. The van der Waals surface area contributed by atoms with Crippen molar-refractivity contribution in [1.29, 1.82) is 0 Å². The molecule has 1 aromatic rings. The molecule has 0 aliphatic carbocycles. The largest absolute Gasteiger partial charge is 0.489 e. The van der Waals surface area contributed by atoms with Crippen molar-refractivity contribution in [3.05, 3.63) is 23.8 Å². The van der Waals surface area contributed by atoms with Crippen LogP contribution in [0.1, 0.15) is 18.4 Å². The Morgan fingerprint density at radius 3 is 3.19 bits per heavy atom. The summed E-state index contributed by atoms with van der Waals surface area (Å²) in [6.07, 6.45) is 2.33. The molecule has 0 bridgehead atoms. The molecule has 1 aliphatic rings. The summed E-state index contributed by atoms with van der Waals surface area (Å²) < 4.78 is 5.81. The lowest BCUT2D eigenvalue weighted by Gasteiger charge is -2.28. The number of benzene rings is 1. The van der Waals surface area contributed by atoms with Crippen LogP contribution in [0.3, 0.4) is 0 Å². The Kier molecular flexibility index (Phi) is 3.67. The second-order valence-corrected chi connectivity index (χ2v) is 4.35. The number of fused-ring (bicyclic) bond motifs is 1. The van der Waals surface area contributed by atoms with Crippen LogP contribution in [0.25, 0.3) is 0 Å². The van der Waals surface area contributed by atoms with E-state index in [1.807, 2.05) is 7.05 Å². The summed E-state index contributed by atoms with van der Waals surface area (Å²) in [6.45, 7) is 3.93. The van der Waals surface area contributed by atoms with Crippen LogP contribution in [0.5, 0.6) is 5.75 Å². The maximum absolute atomic E-state index is 5.81. The van der Waals surface area contributed by atoms with Gasteiger partial charge in [0.1, 0.15) is 12.4 Å². The Balaban J connectivity index is 1.96. The molecule has 88 valence electrons. The SMILES string of the molecule is CNCCCC1COc2c(C)cccc2N1. The molecule has 1 aromatic carbocycles. The Hall–Kier alpha value is -1.22. The molecule has 1 unspecified atom stereocenters. The summed E-state index contributed by atoms with van der Waals surface area (Å²) in [4.78, 5) is 0. The summed E-state index contributed by atoms with van der Waals surface area (Å²) in [5.41, 5.74) is 2.35. The summed E-state index contributed by atoms with van der Waals surface area (Å²) in [5, 5.41) is 6.71. The van der Waals surface area contributed by atoms with E-state index in [-0.39, 0.29) is 0 Å². The zero-order chi connectivity index (χ0) is 11.4. The van der Waals surface area contributed by atoms with E-state index in [2.05, 4.69) is 35.8 Å². The Labute approximate surface area is 97.2 Å². The van der Waals surface area contributed by atoms with Crippen molar-refractivity contribution in [1.82, 2.24) is 5.32 Å². The number of rotatable bonds is 4. The minimum atomic E-state index is 0.447. The molecule has 0 amide bonds. The van der Waals surface area contributed by atoms with Gasteiger partial charge < -0.3 is 15.4 Å². The highest BCUT2D eigenvalue weighted by Gasteiger charge is 2.19. The summed E-state index contributed by atoms with van der Waals surface area (Å²) >= 11 is 0. The molecule has 0 aromatic heterocycles. The van der Waals surface area contributed by atoms with Crippen LogP contribution in [-0.2, 0) is 0 Å². The molecule has 0 spiro atoms. The van der Waals surface area contributed by atoms with Crippen molar-refractivity contribution in [2.45, 2.75) is 25.8 Å². The van der Waals surface area contributed by atoms with Crippen LogP contribution in [0.15, 0.2) is 18.2 Å². The molecular weight excluding hydrogens is 200 g/mol. The van der Waals surface area contributed by atoms with Gasteiger partial charge >= 0.3 is 0 Å². The molecule has 3 nitrogen and oxygen atoms in total. The maximum Gasteiger partial charge on any atom is 0.145 e. The number of anilines is 1. The van der Waals surface area contributed by atoms with Crippen LogP contribution < -0.4 is 15.4 Å². The second kappa shape index (κ2) is 5.21. The number of aryl methyl sites for hydroxylation is 1. The molecule has 2 N–H and O–H groups in total. The number of hydrogen-bond acceptors (Lipinski definition) is 3. The topological polar surface area (TPSA) is 33.3 Å². The minimum Gasteiger partial charge on any atom is -0.489 e. The molecule has 16 heavy (non-hydrogen) atoms. The first-order valence-corrected chi connectivity index (χ1v) is 5.95. The molecule has 1 atom stereocenters. The molecule has 0 radical (unpaired) electrons. The smallest absolute Gasteiger partial charge is 0.145 e. The molecule has 1 aliphatic heterocycles. The van der Waals surface area contributed by atoms with Crippen molar-refractivity contribution in [2.24, 2.45) is 0 Å². The number of nitrogens with one attached hydrogen (secondary N) is 2. The van der Waals surface area contributed by atoms with E-state index in [1.54, 1.807) is 0 Å². The van der Waals surface area contributed by atoms with E-state index < -0.39 is 0 Å². The third-order valence-electron chi connectivity index (χ3n) is 2.98. The van der Waals surface area contributed by atoms with Gasteiger partial charge in [0.25, 0.3) is 0 Å². The average Bonchev–Trinajstić information content (AvgIpc) is 2.30. The third-order valence-corrected chi connectivity index (χ3v) is 2.98. The van der Waals surface area contributed by atoms with Crippen LogP contribution >= 0.6 is 0 Å². The third kappa shape index (κ3) is 2.47. The first-order chi connectivity index (χ1) is 7.81.